The number of rotatable bonds is 3. The van der Waals surface area contributed by atoms with Gasteiger partial charge in [0.05, 0.1) is 5.39 Å². The van der Waals surface area contributed by atoms with Gasteiger partial charge in [0.2, 0.25) is 0 Å². The van der Waals surface area contributed by atoms with Gasteiger partial charge in [0, 0.05) is 22.9 Å². The van der Waals surface area contributed by atoms with Crippen molar-refractivity contribution in [1.82, 2.24) is 0 Å². The van der Waals surface area contributed by atoms with E-state index in [1.807, 2.05) is 51.1 Å². The molecule has 3 aromatic carbocycles. The van der Waals surface area contributed by atoms with Crippen LogP contribution in [0.15, 0.2) is 75.9 Å². The predicted octanol–water partition coefficient (Wildman–Crippen LogP) is 5.64. The molecule has 0 aliphatic carbocycles. The van der Waals surface area contributed by atoms with Gasteiger partial charge in [0.25, 0.3) is 5.91 Å². The summed E-state index contributed by atoms with van der Waals surface area (Å²) in [7, 11) is 0. The number of fused-ring (bicyclic) bond motifs is 1. The van der Waals surface area contributed by atoms with Gasteiger partial charge in [-0.1, -0.05) is 29.8 Å². The van der Waals surface area contributed by atoms with Gasteiger partial charge in [0.15, 0.2) is 5.43 Å². The summed E-state index contributed by atoms with van der Waals surface area (Å²) < 4.78 is 5.90. The lowest BCUT2D eigenvalue weighted by molar-refractivity contribution is 0.102. The van der Waals surface area contributed by atoms with Crippen LogP contribution in [-0.4, -0.2) is 5.91 Å². The number of benzene rings is 3. The average Bonchev–Trinajstić information content (AvgIpc) is 2.71. The van der Waals surface area contributed by atoms with Crippen LogP contribution in [0.1, 0.15) is 27.0 Å². The maximum absolute atomic E-state index is 12.5. The summed E-state index contributed by atoms with van der Waals surface area (Å²) in [6, 6.07) is 19.9. The van der Waals surface area contributed by atoms with Crippen LogP contribution in [0.4, 0.5) is 5.69 Å². The van der Waals surface area contributed by atoms with Crippen LogP contribution in [0.2, 0.25) is 0 Å². The molecule has 0 fully saturated rings. The predicted molar refractivity (Wildman–Crippen MR) is 117 cm³/mol. The molecule has 144 valence electrons. The van der Waals surface area contributed by atoms with Crippen molar-refractivity contribution in [2.24, 2.45) is 0 Å². The number of nitrogens with one attached hydrogen (secondary N) is 1. The molecule has 1 heterocycles. The molecular formula is C25H21NO3. The minimum absolute atomic E-state index is 0.0819. The van der Waals surface area contributed by atoms with Crippen LogP contribution in [-0.2, 0) is 0 Å². The molecule has 0 radical (unpaired) electrons. The molecule has 0 aliphatic rings. The van der Waals surface area contributed by atoms with Gasteiger partial charge in [0.1, 0.15) is 11.3 Å². The summed E-state index contributed by atoms with van der Waals surface area (Å²) in [6.07, 6.45) is 0. The van der Waals surface area contributed by atoms with E-state index in [-0.39, 0.29) is 11.3 Å². The summed E-state index contributed by atoms with van der Waals surface area (Å²) in [6.45, 7) is 5.99. The highest BCUT2D eigenvalue weighted by Crippen LogP contribution is 2.23. The number of anilines is 1. The van der Waals surface area contributed by atoms with E-state index < -0.39 is 0 Å². The fourth-order valence-electron chi connectivity index (χ4n) is 3.22. The minimum Gasteiger partial charge on any atom is -0.456 e. The number of carbonyl (C=O) groups is 1. The Morgan fingerprint density at radius 1 is 0.828 bits per heavy atom. The highest BCUT2D eigenvalue weighted by molar-refractivity contribution is 6.04. The molecule has 0 saturated carbocycles. The Balaban J connectivity index is 1.59. The lowest BCUT2D eigenvalue weighted by atomic mass is 10.1. The second kappa shape index (κ2) is 7.40. The summed E-state index contributed by atoms with van der Waals surface area (Å²) >= 11 is 0. The van der Waals surface area contributed by atoms with Crippen LogP contribution in [0.3, 0.4) is 0 Å². The maximum Gasteiger partial charge on any atom is 0.255 e. The van der Waals surface area contributed by atoms with Gasteiger partial charge in [-0.2, -0.15) is 0 Å². The van der Waals surface area contributed by atoms with Crippen molar-refractivity contribution in [3.8, 4) is 11.3 Å². The molecule has 29 heavy (non-hydrogen) atoms. The summed E-state index contributed by atoms with van der Waals surface area (Å²) in [5, 5.41) is 3.48. The van der Waals surface area contributed by atoms with Gasteiger partial charge in [-0.25, -0.2) is 0 Å². The molecule has 4 aromatic rings. The van der Waals surface area contributed by atoms with E-state index in [0.717, 1.165) is 22.4 Å². The number of hydrogen-bond donors (Lipinski definition) is 1. The number of amides is 1. The molecule has 0 atom stereocenters. The van der Waals surface area contributed by atoms with E-state index >= 15 is 0 Å². The molecular weight excluding hydrogens is 362 g/mol. The average molecular weight is 383 g/mol. The fourth-order valence-corrected chi connectivity index (χ4v) is 3.22. The Labute approximate surface area is 168 Å². The van der Waals surface area contributed by atoms with Gasteiger partial charge in [-0.05, 0) is 68.3 Å². The Morgan fingerprint density at radius 3 is 2.31 bits per heavy atom. The largest absolute Gasteiger partial charge is 0.456 e. The van der Waals surface area contributed by atoms with Gasteiger partial charge in [-0.15, -0.1) is 0 Å². The zero-order valence-corrected chi connectivity index (χ0v) is 16.6. The SMILES string of the molecule is Cc1ccc2oc(-c3ccc(C(=O)Nc4ccc(C)c(C)c4)cc3)cc(=O)c2c1. The lowest BCUT2D eigenvalue weighted by Gasteiger charge is -2.08. The number of aryl methyl sites for hydroxylation is 3. The van der Waals surface area contributed by atoms with Crippen molar-refractivity contribution in [3.05, 3.63) is 99.2 Å². The van der Waals surface area contributed by atoms with Crippen LogP contribution in [0.25, 0.3) is 22.3 Å². The Hall–Kier alpha value is -3.66. The van der Waals surface area contributed by atoms with Gasteiger partial charge in [-0.3, -0.25) is 9.59 Å². The van der Waals surface area contributed by atoms with Crippen LogP contribution >= 0.6 is 0 Å². The Morgan fingerprint density at radius 2 is 1.59 bits per heavy atom. The topological polar surface area (TPSA) is 59.3 Å². The number of hydrogen-bond acceptors (Lipinski definition) is 3. The number of carbonyl (C=O) groups excluding carboxylic acids is 1. The highest BCUT2D eigenvalue weighted by atomic mass is 16.3. The van der Waals surface area contributed by atoms with Crippen molar-refractivity contribution < 1.29 is 9.21 Å². The van der Waals surface area contributed by atoms with Crippen LogP contribution in [0.5, 0.6) is 0 Å². The molecule has 0 saturated heterocycles. The van der Waals surface area contributed by atoms with E-state index in [1.54, 1.807) is 30.3 Å². The molecule has 4 heteroatoms. The van der Waals surface area contributed by atoms with E-state index in [2.05, 4.69) is 5.32 Å². The minimum atomic E-state index is -0.185. The first-order valence-corrected chi connectivity index (χ1v) is 9.44. The van der Waals surface area contributed by atoms with Gasteiger partial charge >= 0.3 is 0 Å². The van der Waals surface area contributed by atoms with Crippen molar-refractivity contribution in [3.63, 3.8) is 0 Å². The maximum atomic E-state index is 12.5. The lowest BCUT2D eigenvalue weighted by Crippen LogP contribution is -2.11. The standard InChI is InChI=1S/C25H21NO3/c1-15-4-11-23-21(12-15)22(27)14-24(29-23)18-6-8-19(9-7-18)25(28)26-20-10-5-16(2)17(3)13-20/h4-14H,1-3H3,(H,26,28). The first kappa shape index (κ1) is 18.7. The first-order chi connectivity index (χ1) is 13.9. The highest BCUT2D eigenvalue weighted by Gasteiger charge is 2.10. The van der Waals surface area contributed by atoms with Gasteiger partial charge < -0.3 is 9.73 Å². The van der Waals surface area contributed by atoms with E-state index in [1.165, 1.54) is 11.6 Å². The zero-order valence-electron chi connectivity index (χ0n) is 16.6. The summed E-state index contributed by atoms with van der Waals surface area (Å²) in [5.41, 5.74) is 5.82. The van der Waals surface area contributed by atoms with E-state index in [0.29, 0.717) is 22.3 Å². The molecule has 0 spiro atoms. The van der Waals surface area contributed by atoms with Crippen LogP contribution < -0.4 is 10.7 Å². The van der Waals surface area contributed by atoms with Crippen molar-refractivity contribution in [2.45, 2.75) is 20.8 Å². The van der Waals surface area contributed by atoms with Crippen molar-refractivity contribution in [2.75, 3.05) is 5.32 Å². The van der Waals surface area contributed by atoms with Crippen LogP contribution in [0, 0.1) is 20.8 Å². The molecule has 0 aliphatic heterocycles. The second-order valence-corrected chi connectivity index (χ2v) is 7.31. The molecule has 4 nitrogen and oxygen atoms in total. The molecule has 1 aromatic heterocycles. The van der Waals surface area contributed by atoms with Crippen molar-refractivity contribution in [1.29, 1.82) is 0 Å². The zero-order chi connectivity index (χ0) is 20.5. The normalized spacial score (nSPS) is 10.9. The summed E-state index contributed by atoms with van der Waals surface area (Å²) in [5.74, 6) is 0.294. The van der Waals surface area contributed by atoms with Crippen molar-refractivity contribution >= 4 is 22.6 Å². The molecule has 1 amide bonds. The Bertz CT molecular complexity index is 1280. The molecule has 1 N–H and O–H groups in total. The molecule has 0 unspecified atom stereocenters. The Kier molecular flexibility index (Phi) is 4.77. The molecule has 4 rings (SSSR count). The smallest absolute Gasteiger partial charge is 0.255 e. The fraction of sp³-hybridized carbons (Fsp3) is 0.120. The third kappa shape index (κ3) is 3.83. The van der Waals surface area contributed by atoms with E-state index in [9.17, 15) is 9.59 Å². The second-order valence-electron chi connectivity index (χ2n) is 7.31. The first-order valence-electron chi connectivity index (χ1n) is 9.44. The third-order valence-electron chi connectivity index (χ3n) is 5.08. The quantitative estimate of drug-likeness (QED) is 0.498. The third-order valence-corrected chi connectivity index (χ3v) is 5.08. The monoisotopic (exact) mass is 383 g/mol. The molecule has 0 bridgehead atoms. The summed E-state index contributed by atoms with van der Waals surface area (Å²) in [4.78, 5) is 25.0. The van der Waals surface area contributed by atoms with E-state index in [4.69, 9.17) is 4.42 Å².